The van der Waals surface area contributed by atoms with Crippen molar-refractivity contribution in [3.05, 3.63) is 35.2 Å². The Kier molecular flexibility index (Phi) is 3.26. The minimum absolute atomic E-state index is 0.0799. The first-order valence-corrected chi connectivity index (χ1v) is 5.78. The van der Waals surface area contributed by atoms with Crippen LogP contribution in [0.1, 0.15) is 17.0 Å². The van der Waals surface area contributed by atoms with Gasteiger partial charge in [-0.1, -0.05) is 6.07 Å². The van der Waals surface area contributed by atoms with E-state index in [2.05, 4.69) is 15.2 Å². The van der Waals surface area contributed by atoms with Crippen LogP contribution in [-0.2, 0) is 6.61 Å². The number of aliphatic hydroxyl groups excluding tert-OH is 1. The van der Waals surface area contributed by atoms with Crippen LogP contribution in [-0.4, -0.2) is 20.3 Å². The first-order chi connectivity index (χ1) is 7.69. The van der Waals surface area contributed by atoms with Gasteiger partial charge in [-0.15, -0.1) is 5.10 Å². The summed E-state index contributed by atoms with van der Waals surface area (Å²) in [7, 11) is 0. The van der Waals surface area contributed by atoms with Gasteiger partial charge in [0.15, 0.2) is 0 Å². The van der Waals surface area contributed by atoms with E-state index in [-0.39, 0.29) is 6.61 Å². The van der Waals surface area contributed by atoms with Crippen LogP contribution in [0, 0.1) is 13.8 Å². The Bertz CT molecular complexity index is 496. The molecule has 0 aliphatic rings. The van der Waals surface area contributed by atoms with E-state index in [4.69, 9.17) is 5.11 Å². The number of aromatic amines is 1. The third-order valence-electron chi connectivity index (χ3n) is 2.27. The molecule has 0 radical (unpaired) electrons. The molecule has 5 heteroatoms. The van der Waals surface area contributed by atoms with Crippen molar-refractivity contribution >= 4 is 11.8 Å². The van der Waals surface area contributed by atoms with Crippen molar-refractivity contribution in [3.63, 3.8) is 0 Å². The van der Waals surface area contributed by atoms with Gasteiger partial charge in [0.1, 0.15) is 5.82 Å². The molecular formula is C11H13N3OS. The van der Waals surface area contributed by atoms with Gasteiger partial charge in [-0.3, -0.25) is 5.10 Å². The zero-order chi connectivity index (χ0) is 11.5. The highest BCUT2D eigenvalue weighted by Gasteiger charge is 2.04. The number of aliphatic hydroxyl groups is 1. The maximum absolute atomic E-state index is 9.07. The van der Waals surface area contributed by atoms with Crippen molar-refractivity contribution in [2.45, 2.75) is 30.5 Å². The first kappa shape index (κ1) is 11.2. The SMILES string of the molecule is Cc1nc(Sc2ccc(CO)c(C)c2)n[nH]1. The Hall–Kier alpha value is -1.33. The van der Waals surface area contributed by atoms with Crippen molar-refractivity contribution in [2.75, 3.05) is 0 Å². The molecule has 1 heterocycles. The monoisotopic (exact) mass is 235 g/mol. The molecule has 0 fully saturated rings. The minimum atomic E-state index is 0.0799. The maximum Gasteiger partial charge on any atom is 0.213 e. The van der Waals surface area contributed by atoms with Gasteiger partial charge in [0.05, 0.1) is 6.61 Å². The topological polar surface area (TPSA) is 61.8 Å². The normalized spacial score (nSPS) is 10.7. The molecule has 84 valence electrons. The van der Waals surface area contributed by atoms with E-state index in [1.54, 1.807) is 0 Å². The molecule has 0 amide bonds. The molecule has 0 atom stereocenters. The van der Waals surface area contributed by atoms with Crippen molar-refractivity contribution < 1.29 is 5.11 Å². The Balaban J connectivity index is 2.19. The van der Waals surface area contributed by atoms with E-state index >= 15 is 0 Å². The third-order valence-corrected chi connectivity index (χ3v) is 3.13. The summed E-state index contributed by atoms with van der Waals surface area (Å²) in [5, 5.41) is 16.6. The van der Waals surface area contributed by atoms with Gasteiger partial charge in [0, 0.05) is 4.90 Å². The van der Waals surface area contributed by atoms with E-state index in [1.807, 2.05) is 32.0 Å². The highest BCUT2D eigenvalue weighted by molar-refractivity contribution is 7.99. The number of rotatable bonds is 3. The van der Waals surface area contributed by atoms with E-state index < -0.39 is 0 Å². The molecular weight excluding hydrogens is 222 g/mol. The minimum Gasteiger partial charge on any atom is -0.392 e. The van der Waals surface area contributed by atoms with Gasteiger partial charge < -0.3 is 5.11 Å². The third kappa shape index (κ3) is 2.43. The molecule has 0 aliphatic carbocycles. The molecule has 2 N–H and O–H groups in total. The number of benzene rings is 1. The number of hydrogen-bond acceptors (Lipinski definition) is 4. The van der Waals surface area contributed by atoms with Gasteiger partial charge >= 0.3 is 0 Å². The molecule has 16 heavy (non-hydrogen) atoms. The molecule has 0 bridgehead atoms. The number of nitrogens with one attached hydrogen (secondary N) is 1. The molecule has 0 spiro atoms. The van der Waals surface area contributed by atoms with Gasteiger partial charge in [-0.2, -0.15) is 0 Å². The van der Waals surface area contributed by atoms with Crippen LogP contribution in [0.2, 0.25) is 0 Å². The summed E-state index contributed by atoms with van der Waals surface area (Å²) in [5.41, 5.74) is 2.04. The highest BCUT2D eigenvalue weighted by atomic mass is 32.2. The molecule has 2 rings (SSSR count). The van der Waals surface area contributed by atoms with Gasteiger partial charge in [0.25, 0.3) is 0 Å². The second-order valence-corrected chi connectivity index (χ2v) is 4.59. The van der Waals surface area contributed by atoms with E-state index in [9.17, 15) is 0 Å². The molecule has 1 aromatic carbocycles. The quantitative estimate of drug-likeness (QED) is 0.855. The average Bonchev–Trinajstić information content (AvgIpc) is 2.64. The lowest BCUT2D eigenvalue weighted by Crippen LogP contribution is -1.88. The van der Waals surface area contributed by atoms with Crippen LogP contribution in [0.5, 0.6) is 0 Å². The Morgan fingerprint density at radius 2 is 2.19 bits per heavy atom. The van der Waals surface area contributed by atoms with Crippen LogP contribution in [0.25, 0.3) is 0 Å². The van der Waals surface area contributed by atoms with Crippen LogP contribution < -0.4 is 0 Å². The van der Waals surface area contributed by atoms with Gasteiger partial charge in [0.2, 0.25) is 5.16 Å². The van der Waals surface area contributed by atoms with Crippen LogP contribution in [0.15, 0.2) is 28.3 Å². The summed E-state index contributed by atoms with van der Waals surface area (Å²) in [6.07, 6.45) is 0. The van der Waals surface area contributed by atoms with E-state index in [0.717, 1.165) is 21.8 Å². The van der Waals surface area contributed by atoms with Gasteiger partial charge in [-0.25, -0.2) is 4.98 Å². The molecule has 0 saturated carbocycles. The molecule has 0 aliphatic heterocycles. The predicted molar refractivity (Wildman–Crippen MR) is 62.3 cm³/mol. The predicted octanol–water partition coefficient (Wildman–Crippen LogP) is 2.07. The summed E-state index contributed by atoms with van der Waals surface area (Å²) >= 11 is 1.51. The second kappa shape index (κ2) is 4.67. The second-order valence-electron chi connectivity index (χ2n) is 3.55. The zero-order valence-electron chi connectivity index (χ0n) is 9.19. The van der Waals surface area contributed by atoms with Crippen LogP contribution >= 0.6 is 11.8 Å². The molecule has 4 nitrogen and oxygen atoms in total. The summed E-state index contributed by atoms with van der Waals surface area (Å²) in [5.74, 6) is 0.811. The van der Waals surface area contributed by atoms with Crippen LogP contribution in [0.4, 0.5) is 0 Å². The molecule has 2 aromatic rings. The lowest BCUT2D eigenvalue weighted by Gasteiger charge is -2.04. The molecule has 1 aromatic heterocycles. The average molecular weight is 235 g/mol. The van der Waals surface area contributed by atoms with Gasteiger partial charge in [-0.05, 0) is 48.9 Å². The number of nitrogens with zero attached hydrogens (tertiary/aromatic N) is 2. The Labute approximate surface area is 98.1 Å². The first-order valence-electron chi connectivity index (χ1n) is 4.96. The fourth-order valence-electron chi connectivity index (χ4n) is 1.38. The lowest BCUT2D eigenvalue weighted by molar-refractivity contribution is 0.281. The van der Waals surface area contributed by atoms with Crippen LogP contribution in [0.3, 0.4) is 0 Å². The Morgan fingerprint density at radius 3 is 2.75 bits per heavy atom. The number of hydrogen-bond donors (Lipinski definition) is 2. The summed E-state index contributed by atoms with van der Waals surface area (Å²) < 4.78 is 0. The Morgan fingerprint density at radius 1 is 1.38 bits per heavy atom. The summed E-state index contributed by atoms with van der Waals surface area (Å²) in [6, 6.07) is 5.92. The summed E-state index contributed by atoms with van der Waals surface area (Å²) in [4.78, 5) is 5.30. The van der Waals surface area contributed by atoms with E-state index in [0.29, 0.717) is 5.16 Å². The number of H-pyrrole nitrogens is 1. The van der Waals surface area contributed by atoms with Crippen molar-refractivity contribution in [1.82, 2.24) is 15.2 Å². The lowest BCUT2D eigenvalue weighted by atomic mass is 10.1. The fourth-order valence-corrected chi connectivity index (χ4v) is 2.24. The zero-order valence-corrected chi connectivity index (χ0v) is 10.0. The largest absolute Gasteiger partial charge is 0.392 e. The standard InChI is InChI=1S/C11H13N3OS/c1-7-5-10(4-3-9(7)6-15)16-11-12-8(2)13-14-11/h3-5,15H,6H2,1-2H3,(H,12,13,14). The fraction of sp³-hybridized carbons (Fsp3) is 0.273. The highest BCUT2D eigenvalue weighted by Crippen LogP contribution is 2.26. The summed E-state index contributed by atoms with van der Waals surface area (Å²) in [6.45, 7) is 3.94. The van der Waals surface area contributed by atoms with Crippen molar-refractivity contribution in [3.8, 4) is 0 Å². The maximum atomic E-state index is 9.07. The number of aryl methyl sites for hydroxylation is 2. The molecule has 0 saturated heterocycles. The number of aromatic nitrogens is 3. The van der Waals surface area contributed by atoms with Crippen molar-refractivity contribution in [1.29, 1.82) is 0 Å². The molecule has 0 unspecified atom stereocenters. The smallest absolute Gasteiger partial charge is 0.213 e. The van der Waals surface area contributed by atoms with E-state index in [1.165, 1.54) is 11.8 Å². The van der Waals surface area contributed by atoms with Crippen molar-refractivity contribution in [2.24, 2.45) is 0 Å².